The van der Waals surface area contributed by atoms with E-state index in [0.717, 1.165) is 12.2 Å². The summed E-state index contributed by atoms with van der Waals surface area (Å²) in [5.41, 5.74) is 3.88. The Morgan fingerprint density at radius 3 is 2.73 bits per heavy atom. The molecule has 2 aromatic rings. The first-order valence-electron chi connectivity index (χ1n) is 9.08. The Morgan fingerprint density at radius 1 is 1.19 bits per heavy atom. The molecule has 26 heavy (non-hydrogen) atoms. The number of anilines is 1. The van der Waals surface area contributed by atoms with E-state index in [1.165, 1.54) is 36.8 Å². The molecule has 0 bridgehead atoms. The molecule has 134 valence electrons. The largest absolute Gasteiger partial charge is 0.355 e. The minimum Gasteiger partial charge on any atom is -0.355 e. The molecule has 0 saturated heterocycles. The second-order valence-corrected chi connectivity index (χ2v) is 7.06. The third-order valence-electron chi connectivity index (χ3n) is 5.22. The second kappa shape index (κ2) is 7.46. The van der Waals surface area contributed by atoms with Gasteiger partial charge in [-0.3, -0.25) is 10.1 Å². The Labute approximate surface area is 158 Å². The van der Waals surface area contributed by atoms with E-state index in [9.17, 15) is 4.79 Å². The van der Waals surface area contributed by atoms with Crippen LogP contribution in [0.25, 0.3) is 0 Å². The normalized spacial score (nSPS) is 17.2. The zero-order chi connectivity index (χ0) is 17.9. The number of fused-ring (bicyclic) bond motifs is 1. The van der Waals surface area contributed by atoms with Crippen LogP contribution in [0.5, 0.6) is 0 Å². The van der Waals surface area contributed by atoms with Crippen LogP contribution in [0.15, 0.2) is 42.3 Å². The van der Waals surface area contributed by atoms with Crippen LogP contribution in [0.1, 0.15) is 47.3 Å². The van der Waals surface area contributed by atoms with E-state index in [1.54, 1.807) is 6.20 Å². The van der Waals surface area contributed by atoms with Crippen molar-refractivity contribution >= 4 is 28.8 Å². The van der Waals surface area contributed by atoms with Gasteiger partial charge in [0.05, 0.1) is 12.2 Å². The Bertz CT molecular complexity index is 862. The minimum absolute atomic E-state index is 0.176. The van der Waals surface area contributed by atoms with Crippen LogP contribution in [-0.4, -0.2) is 22.0 Å². The van der Waals surface area contributed by atoms with Gasteiger partial charge in [-0.25, -0.2) is 0 Å². The Kier molecular flexibility index (Phi) is 4.89. The van der Waals surface area contributed by atoms with Crippen LogP contribution < -0.4 is 15.5 Å². The summed E-state index contributed by atoms with van der Waals surface area (Å²) >= 11 is 5.01. The van der Waals surface area contributed by atoms with Gasteiger partial charge in [0, 0.05) is 18.8 Å². The van der Waals surface area contributed by atoms with Crippen molar-refractivity contribution in [1.82, 2.24) is 15.6 Å². The van der Waals surface area contributed by atoms with Gasteiger partial charge in [0.2, 0.25) is 0 Å². The predicted molar refractivity (Wildman–Crippen MR) is 106 cm³/mol. The Hall–Kier alpha value is -2.40. The van der Waals surface area contributed by atoms with E-state index in [-0.39, 0.29) is 5.91 Å². The van der Waals surface area contributed by atoms with E-state index >= 15 is 0 Å². The number of amides is 1. The molecule has 3 N–H and O–H groups in total. The van der Waals surface area contributed by atoms with Crippen LogP contribution in [0, 0.1) is 0 Å². The summed E-state index contributed by atoms with van der Waals surface area (Å²) in [4.78, 5) is 17.2. The lowest BCUT2D eigenvalue weighted by Crippen LogP contribution is -2.41. The predicted octanol–water partition coefficient (Wildman–Crippen LogP) is 3.24. The van der Waals surface area contributed by atoms with Gasteiger partial charge in [-0.1, -0.05) is 37.1 Å². The maximum absolute atomic E-state index is 12.1. The standard InChI is InChI=1S/C20H22N4OS/c25-20-19-17(9-10-21-19)24(18(13-26)23-20)12-15-6-2-1-5-14(15)11-22-16-7-3-4-8-16/h1-2,5-6,9-10,16,21-22H,3-4,7-8,11-12H2,(H,23,25). The van der Waals surface area contributed by atoms with E-state index in [1.807, 2.05) is 11.0 Å². The van der Waals surface area contributed by atoms with Gasteiger partial charge in [-0.2, -0.15) is 0 Å². The summed E-state index contributed by atoms with van der Waals surface area (Å²) < 4.78 is 0. The molecule has 0 radical (unpaired) electrons. The highest BCUT2D eigenvalue weighted by molar-refractivity contribution is 7.78. The molecule has 0 spiro atoms. The zero-order valence-corrected chi connectivity index (χ0v) is 15.4. The molecule has 0 unspecified atom stereocenters. The SMILES string of the molecule is O=C1NC(=C=S)N(Cc2ccccc2CNC2CCCC2)c2cc[nH]c21. The van der Waals surface area contributed by atoms with Gasteiger partial charge in [0.1, 0.15) is 5.69 Å². The van der Waals surface area contributed by atoms with Gasteiger partial charge in [0.15, 0.2) is 5.82 Å². The molecule has 1 aliphatic heterocycles. The minimum atomic E-state index is -0.176. The monoisotopic (exact) mass is 366 g/mol. The Balaban J connectivity index is 1.58. The van der Waals surface area contributed by atoms with E-state index in [4.69, 9.17) is 12.2 Å². The molecule has 1 amide bonds. The van der Waals surface area contributed by atoms with Crippen LogP contribution >= 0.6 is 12.2 Å². The van der Waals surface area contributed by atoms with Gasteiger partial charge in [-0.15, -0.1) is 0 Å². The second-order valence-electron chi connectivity index (χ2n) is 6.86. The maximum atomic E-state index is 12.1. The fourth-order valence-corrected chi connectivity index (χ4v) is 3.97. The molecule has 1 aromatic carbocycles. The molecule has 0 atom stereocenters. The number of nitrogens with zero attached hydrogens (tertiary/aromatic N) is 1. The van der Waals surface area contributed by atoms with E-state index in [2.05, 4.69) is 44.9 Å². The summed E-state index contributed by atoms with van der Waals surface area (Å²) in [6.07, 6.45) is 6.96. The number of H-pyrrole nitrogens is 1. The number of carbonyl (C=O) groups excluding carboxylic acids is 1. The molecule has 1 aromatic heterocycles. The van der Waals surface area contributed by atoms with Gasteiger partial charge >= 0.3 is 0 Å². The fourth-order valence-electron chi connectivity index (χ4n) is 3.81. The molecule has 6 heteroatoms. The number of hydrogen-bond acceptors (Lipinski definition) is 4. The average Bonchev–Trinajstić information content (AvgIpc) is 3.35. The number of hydrogen-bond donors (Lipinski definition) is 3. The quantitative estimate of drug-likeness (QED) is 0.711. The van der Waals surface area contributed by atoms with Crippen molar-refractivity contribution in [1.29, 1.82) is 0 Å². The molecule has 5 nitrogen and oxygen atoms in total. The number of thiocarbonyl (C=S) groups is 1. The molecular weight excluding hydrogens is 344 g/mol. The number of rotatable bonds is 5. The van der Waals surface area contributed by atoms with Gasteiger partial charge < -0.3 is 15.2 Å². The zero-order valence-electron chi connectivity index (χ0n) is 14.5. The lowest BCUT2D eigenvalue weighted by Gasteiger charge is -2.30. The average molecular weight is 366 g/mol. The molecule has 2 aliphatic rings. The summed E-state index contributed by atoms with van der Waals surface area (Å²) in [5, 5.41) is 9.20. The fraction of sp³-hybridized carbons (Fsp3) is 0.350. The van der Waals surface area contributed by atoms with Crippen molar-refractivity contribution in [2.45, 2.75) is 44.8 Å². The smallest absolute Gasteiger partial charge is 0.275 e. The first-order valence-corrected chi connectivity index (χ1v) is 9.48. The third-order valence-corrected chi connectivity index (χ3v) is 5.42. The highest BCUT2D eigenvalue weighted by Crippen LogP contribution is 2.29. The highest BCUT2D eigenvalue weighted by Gasteiger charge is 2.28. The van der Waals surface area contributed by atoms with Crippen LogP contribution in [-0.2, 0) is 13.1 Å². The van der Waals surface area contributed by atoms with Crippen LogP contribution in [0.2, 0.25) is 0 Å². The van der Waals surface area contributed by atoms with Crippen LogP contribution in [0.4, 0.5) is 5.69 Å². The van der Waals surface area contributed by atoms with Gasteiger partial charge in [0.25, 0.3) is 5.91 Å². The van der Waals surface area contributed by atoms with Crippen LogP contribution in [0.3, 0.4) is 0 Å². The number of aromatic nitrogens is 1. The molecule has 4 rings (SSSR count). The molecule has 1 fully saturated rings. The lowest BCUT2D eigenvalue weighted by molar-refractivity contribution is 0.0957. The topological polar surface area (TPSA) is 60.2 Å². The van der Waals surface area contributed by atoms with E-state index in [0.29, 0.717) is 24.1 Å². The Morgan fingerprint density at radius 2 is 1.96 bits per heavy atom. The lowest BCUT2D eigenvalue weighted by atomic mass is 10.1. The first kappa shape index (κ1) is 17.0. The van der Waals surface area contributed by atoms with Crippen molar-refractivity contribution in [3.05, 3.63) is 59.2 Å². The third kappa shape index (κ3) is 3.31. The van der Waals surface area contributed by atoms with Crippen molar-refractivity contribution in [2.24, 2.45) is 0 Å². The number of nitrogens with one attached hydrogen (secondary N) is 3. The molecular formula is C20H22N4OS. The van der Waals surface area contributed by atoms with Gasteiger partial charge in [-0.05, 0) is 47.3 Å². The number of aromatic amines is 1. The number of benzene rings is 1. The van der Waals surface area contributed by atoms with Crippen molar-refractivity contribution in [3.63, 3.8) is 0 Å². The summed E-state index contributed by atoms with van der Waals surface area (Å²) in [5.74, 6) is 0.348. The number of carbonyl (C=O) groups is 1. The first-order chi connectivity index (χ1) is 12.8. The molecule has 1 aliphatic carbocycles. The molecule has 2 heterocycles. The van der Waals surface area contributed by atoms with E-state index < -0.39 is 0 Å². The summed E-state index contributed by atoms with van der Waals surface area (Å²) in [6.45, 7) is 1.49. The molecule has 1 saturated carbocycles. The summed E-state index contributed by atoms with van der Waals surface area (Å²) in [7, 11) is 0. The van der Waals surface area contributed by atoms with Crippen molar-refractivity contribution in [3.8, 4) is 0 Å². The van der Waals surface area contributed by atoms with Crippen molar-refractivity contribution < 1.29 is 4.79 Å². The maximum Gasteiger partial charge on any atom is 0.275 e. The highest BCUT2D eigenvalue weighted by atomic mass is 32.1. The van der Waals surface area contributed by atoms with Crippen molar-refractivity contribution in [2.75, 3.05) is 4.90 Å². The summed E-state index contributed by atoms with van der Waals surface area (Å²) in [6, 6.07) is 11.0.